The zero-order valence-corrected chi connectivity index (χ0v) is 7.68. The number of carbonyl (C=O) groups is 1. The molecule has 0 unspecified atom stereocenters. The Kier molecular flexibility index (Phi) is 3.32. The number of rotatable bonds is 2. The largest absolute Gasteiger partial charge is 0.366 e. The fourth-order valence-electron chi connectivity index (χ4n) is 1.90. The second-order valence-corrected chi connectivity index (χ2v) is 3.63. The molecule has 0 aromatic carbocycles. The fraction of sp³-hybridized carbons (Fsp3) is 0.700. The molecule has 68 valence electrons. The summed E-state index contributed by atoms with van der Waals surface area (Å²) in [5, 5.41) is 0. The SMILES string of the molecule is C/C(=C/C(N)=O)C1CCCCC1. The van der Waals surface area contributed by atoms with E-state index in [9.17, 15) is 4.79 Å². The first-order valence-electron chi connectivity index (χ1n) is 4.68. The topological polar surface area (TPSA) is 43.1 Å². The van der Waals surface area contributed by atoms with E-state index in [4.69, 9.17) is 5.73 Å². The van der Waals surface area contributed by atoms with Gasteiger partial charge in [-0.1, -0.05) is 24.8 Å². The van der Waals surface area contributed by atoms with Crippen molar-refractivity contribution in [3.63, 3.8) is 0 Å². The van der Waals surface area contributed by atoms with Crippen LogP contribution in [0.5, 0.6) is 0 Å². The number of carbonyl (C=O) groups excluding carboxylic acids is 1. The van der Waals surface area contributed by atoms with Crippen molar-refractivity contribution in [1.82, 2.24) is 0 Å². The van der Waals surface area contributed by atoms with Crippen LogP contribution in [-0.2, 0) is 4.79 Å². The van der Waals surface area contributed by atoms with Gasteiger partial charge >= 0.3 is 0 Å². The van der Waals surface area contributed by atoms with Crippen LogP contribution in [0.3, 0.4) is 0 Å². The minimum Gasteiger partial charge on any atom is -0.366 e. The average molecular weight is 167 g/mol. The van der Waals surface area contributed by atoms with Crippen molar-refractivity contribution in [1.29, 1.82) is 0 Å². The Morgan fingerprint density at radius 2 is 1.92 bits per heavy atom. The molecule has 0 bridgehead atoms. The number of amides is 1. The average Bonchev–Trinajstić information content (AvgIpc) is 2.05. The van der Waals surface area contributed by atoms with Gasteiger partial charge in [-0.25, -0.2) is 0 Å². The Morgan fingerprint density at radius 1 is 1.33 bits per heavy atom. The maximum absolute atomic E-state index is 10.6. The molecule has 12 heavy (non-hydrogen) atoms. The predicted octanol–water partition coefficient (Wildman–Crippen LogP) is 2.00. The smallest absolute Gasteiger partial charge is 0.241 e. The number of hydrogen-bond donors (Lipinski definition) is 1. The van der Waals surface area contributed by atoms with Gasteiger partial charge in [0.1, 0.15) is 0 Å². The lowest BCUT2D eigenvalue weighted by Gasteiger charge is -2.21. The Labute approximate surface area is 73.8 Å². The van der Waals surface area contributed by atoms with Gasteiger partial charge in [-0.2, -0.15) is 0 Å². The highest BCUT2D eigenvalue weighted by Crippen LogP contribution is 2.28. The van der Waals surface area contributed by atoms with E-state index < -0.39 is 0 Å². The van der Waals surface area contributed by atoms with Crippen LogP contribution in [-0.4, -0.2) is 5.91 Å². The van der Waals surface area contributed by atoms with E-state index in [0.717, 1.165) is 0 Å². The molecule has 0 atom stereocenters. The van der Waals surface area contributed by atoms with E-state index in [1.807, 2.05) is 6.92 Å². The van der Waals surface area contributed by atoms with E-state index in [1.165, 1.54) is 37.7 Å². The fourth-order valence-corrected chi connectivity index (χ4v) is 1.90. The highest BCUT2D eigenvalue weighted by molar-refractivity contribution is 5.86. The Morgan fingerprint density at radius 3 is 2.42 bits per heavy atom. The van der Waals surface area contributed by atoms with E-state index in [2.05, 4.69) is 0 Å². The van der Waals surface area contributed by atoms with Crippen LogP contribution >= 0.6 is 0 Å². The number of hydrogen-bond acceptors (Lipinski definition) is 1. The Bertz CT molecular complexity index is 190. The summed E-state index contributed by atoms with van der Waals surface area (Å²) in [5.41, 5.74) is 6.25. The lowest BCUT2D eigenvalue weighted by molar-refractivity contribution is -0.113. The van der Waals surface area contributed by atoms with E-state index in [-0.39, 0.29) is 5.91 Å². The zero-order chi connectivity index (χ0) is 8.97. The number of allylic oxidation sites excluding steroid dienone is 1. The van der Waals surface area contributed by atoms with Crippen LogP contribution in [0.4, 0.5) is 0 Å². The molecule has 0 radical (unpaired) electrons. The summed E-state index contributed by atoms with van der Waals surface area (Å²) in [5.74, 6) is 0.310. The van der Waals surface area contributed by atoms with Crippen LogP contribution in [0.2, 0.25) is 0 Å². The highest BCUT2D eigenvalue weighted by atomic mass is 16.1. The summed E-state index contributed by atoms with van der Waals surface area (Å²) in [6.07, 6.45) is 7.99. The molecule has 0 aromatic heterocycles. The van der Waals surface area contributed by atoms with Gasteiger partial charge in [-0.3, -0.25) is 4.79 Å². The number of primary amides is 1. The first kappa shape index (κ1) is 9.30. The monoisotopic (exact) mass is 167 g/mol. The van der Waals surface area contributed by atoms with Gasteiger partial charge in [0.05, 0.1) is 0 Å². The first-order valence-corrected chi connectivity index (χ1v) is 4.68. The molecule has 2 heteroatoms. The van der Waals surface area contributed by atoms with Gasteiger partial charge in [-0.05, 0) is 25.7 Å². The molecule has 0 heterocycles. The van der Waals surface area contributed by atoms with Gasteiger partial charge in [0.25, 0.3) is 0 Å². The van der Waals surface area contributed by atoms with Crippen molar-refractivity contribution in [2.45, 2.75) is 39.0 Å². The quantitative estimate of drug-likeness (QED) is 0.628. The van der Waals surface area contributed by atoms with Crippen LogP contribution in [0.15, 0.2) is 11.6 Å². The molecule has 1 amide bonds. The van der Waals surface area contributed by atoms with E-state index in [1.54, 1.807) is 6.08 Å². The molecular weight excluding hydrogens is 150 g/mol. The molecule has 1 fully saturated rings. The summed E-state index contributed by atoms with van der Waals surface area (Å²) in [6, 6.07) is 0. The van der Waals surface area contributed by atoms with Crippen molar-refractivity contribution in [3.05, 3.63) is 11.6 Å². The maximum Gasteiger partial charge on any atom is 0.241 e. The van der Waals surface area contributed by atoms with Gasteiger partial charge in [-0.15, -0.1) is 0 Å². The molecule has 0 aromatic rings. The van der Waals surface area contributed by atoms with Crippen molar-refractivity contribution >= 4 is 5.91 Å². The molecule has 2 N–H and O–H groups in total. The van der Waals surface area contributed by atoms with Crippen LogP contribution in [0, 0.1) is 5.92 Å². The minimum atomic E-state index is -0.307. The molecular formula is C10H17NO. The molecule has 0 spiro atoms. The molecule has 1 saturated carbocycles. The zero-order valence-electron chi connectivity index (χ0n) is 7.68. The van der Waals surface area contributed by atoms with Crippen molar-refractivity contribution < 1.29 is 4.79 Å². The van der Waals surface area contributed by atoms with Gasteiger partial charge in [0.2, 0.25) is 5.91 Å². The Hall–Kier alpha value is -0.790. The van der Waals surface area contributed by atoms with Crippen LogP contribution in [0.25, 0.3) is 0 Å². The molecule has 0 saturated heterocycles. The van der Waals surface area contributed by atoms with E-state index in [0.29, 0.717) is 5.92 Å². The molecule has 0 aliphatic heterocycles. The highest BCUT2D eigenvalue weighted by Gasteiger charge is 2.14. The van der Waals surface area contributed by atoms with Crippen molar-refractivity contribution in [2.75, 3.05) is 0 Å². The normalized spacial score (nSPS) is 20.9. The van der Waals surface area contributed by atoms with Gasteiger partial charge < -0.3 is 5.73 Å². The molecule has 1 aliphatic carbocycles. The van der Waals surface area contributed by atoms with Gasteiger partial charge in [0.15, 0.2) is 0 Å². The molecule has 2 nitrogen and oxygen atoms in total. The molecule has 1 aliphatic rings. The van der Waals surface area contributed by atoms with Crippen LogP contribution in [0.1, 0.15) is 39.0 Å². The maximum atomic E-state index is 10.6. The molecule has 1 rings (SSSR count). The van der Waals surface area contributed by atoms with Crippen LogP contribution < -0.4 is 5.73 Å². The van der Waals surface area contributed by atoms with Crippen molar-refractivity contribution in [3.8, 4) is 0 Å². The van der Waals surface area contributed by atoms with Crippen molar-refractivity contribution in [2.24, 2.45) is 11.7 Å². The lowest BCUT2D eigenvalue weighted by Crippen LogP contribution is -2.12. The predicted molar refractivity (Wildman–Crippen MR) is 49.5 cm³/mol. The standard InChI is InChI=1S/C10H17NO/c1-8(7-10(11)12)9-5-3-2-4-6-9/h7,9H,2-6H2,1H3,(H2,11,12)/b8-7-. The first-order chi connectivity index (χ1) is 5.70. The third-order valence-corrected chi connectivity index (χ3v) is 2.62. The number of nitrogens with two attached hydrogens (primary N) is 1. The summed E-state index contributed by atoms with van der Waals surface area (Å²) in [6.45, 7) is 2.01. The summed E-state index contributed by atoms with van der Waals surface area (Å²) in [7, 11) is 0. The summed E-state index contributed by atoms with van der Waals surface area (Å²) < 4.78 is 0. The summed E-state index contributed by atoms with van der Waals surface area (Å²) >= 11 is 0. The Balaban J connectivity index is 2.49. The minimum absolute atomic E-state index is 0.307. The van der Waals surface area contributed by atoms with E-state index >= 15 is 0 Å². The summed E-state index contributed by atoms with van der Waals surface area (Å²) in [4.78, 5) is 10.6. The second kappa shape index (κ2) is 4.29. The lowest BCUT2D eigenvalue weighted by atomic mass is 9.84. The second-order valence-electron chi connectivity index (χ2n) is 3.63. The third kappa shape index (κ3) is 2.68. The van der Waals surface area contributed by atoms with Gasteiger partial charge in [0, 0.05) is 6.08 Å². The third-order valence-electron chi connectivity index (χ3n) is 2.62.